The maximum atomic E-state index is 12.0. The fourth-order valence-corrected chi connectivity index (χ4v) is 2.64. The van der Waals surface area contributed by atoms with Gasteiger partial charge in [0.05, 0.1) is 6.42 Å². The third-order valence-electron chi connectivity index (χ3n) is 3.63. The van der Waals surface area contributed by atoms with Gasteiger partial charge in [0.25, 0.3) is 0 Å². The van der Waals surface area contributed by atoms with Crippen LogP contribution >= 0.6 is 0 Å². The van der Waals surface area contributed by atoms with Crippen LogP contribution < -0.4 is 16.4 Å². The van der Waals surface area contributed by atoms with Gasteiger partial charge in [0.2, 0.25) is 11.8 Å². The molecule has 1 aromatic carbocycles. The molecular formula is C18H29N3O2. The van der Waals surface area contributed by atoms with E-state index in [1.165, 1.54) is 0 Å². The highest BCUT2D eigenvalue weighted by atomic mass is 16.2. The molecule has 1 rings (SSSR count). The first-order valence-corrected chi connectivity index (χ1v) is 8.16. The maximum absolute atomic E-state index is 12.0. The minimum Gasteiger partial charge on any atom is -0.355 e. The normalized spacial score (nSPS) is 13.4. The lowest BCUT2D eigenvalue weighted by molar-refractivity contribution is -0.123. The second kappa shape index (κ2) is 9.30. The number of rotatable bonds is 9. The zero-order valence-corrected chi connectivity index (χ0v) is 14.4. The van der Waals surface area contributed by atoms with E-state index in [-0.39, 0.29) is 23.8 Å². The lowest BCUT2D eigenvalue weighted by Gasteiger charge is -2.31. The second-order valence-corrected chi connectivity index (χ2v) is 6.67. The molecule has 0 spiro atoms. The Balaban J connectivity index is 2.31. The summed E-state index contributed by atoms with van der Waals surface area (Å²) < 4.78 is 0. The molecule has 23 heavy (non-hydrogen) atoms. The standard InChI is InChI=1S/C18H29N3O2/c1-14(2)12-18(3,13-19)21-16(22)9-10-20-17(23)11-15-7-5-4-6-8-15/h4-8,14H,9-13,19H2,1-3H3,(H,20,23)(H,21,22). The molecule has 0 saturated carbocycles. The van der Waals surface area contributed by atoms with E-state index in [1.54, 1.807) is 0 Å². The molecule has 0 aliphatic rings. The molecule has 5 nitrogen and oxygen atoms in total. The lowest BCUT2D eigenvalue weighted by atomic mass is 9.90. The van der Waals surface area contributed by atoms with Crippen molar-refractivity contribution in [3.8, 4) is 0 Å². The number of amides is 2. The van der Waals surface area contributed by atoms with Crippen LogP contribution in [0.5, 0.6) is 0 Å². The van der Waals surface area contributed by atoms with Crippen molar-refractivity contribution >= 4 is 11.8 Å². The van der Waals surface area contributed by atoms with Gasteiger partial charge in [0.15, 0.2) is 0 Å². The topological polar surface area (TPSA) is 84.2 Å². The molecule has 2 amide bonds. The molecule has 0 aliphatic heterocycles. The van der Waals surface area contributed by atoms with Gasteiger partial charge in [-0.2, -0.15) is 0 Å². The second-order valence-electron chi connectivity index (χ2n) is 6.67. The molecule has 1 unspecified atom stereocenters. The Morgan fingerprint density at radius 1 is 1.17 bits per heavy atom. The van der Waals surface area contributed by atoms with E-state index < -0.39 is 0 Å². The molecule has 0 radical (unpaired) electrons. The van der Waals surface area contributed by atoms with Crippen molar-refractivity contribution in [1.29, 1.82) is 0 Å². The lowest BCUT2D eigenvalue weighted by Crippen LogP contribution is -2.52. The summed E-state index contributed by atoms with van der Waals surface area (Å²) in [6, 6.07) is 9.53. The van der Waals surface area contributed by atoms with Crippen molar-refractivity contribution in [3.05, 3.63) is 35.9 Å². The van der Waals surface area contributed by atoms with Crippen molar-refractivity contribution in [2.45, 2.75) is 45.6 Å². The van der Waals surface area contributed by atoms with Crippen LogP contribution in [0.3, 0.4) is 0 Å². The van der Waals surface area contributed by atoms with Crippen molar-refractivity contribution in [2.24, 2.45) is 11.7 Å². The van der Waals surface area contributed by atoms with Crippen LogP contribution in [0.4, 0.5) is 0 Å². The van der Waals surface area contributed by atoms with Gasteiger partial charge in [-0.1, -0.05) is 44.2 Å². The van der Waals surface area contributed by atoms with Crippen molar-refractivity contribution in [1.82, 2.24) is 10.6 Å². The SMILES string of the molecule is CC(C)CC(C)(CN)NC(=O)CCNC(=O)Cc1ccccc1. The molecular weight excluding hydrogens is 290 g/mol. The number of hydrogen-bond acceptors (Lipinski definition) is 3. The predicted octanol–water partition coefficient (Wildman–Crippen LogP) is 1.62. The molecule has 0 heterocycles. The molecule has 0 bridgehead atoms. The van der Waals surface area contributed by atoms with Crippen LogP contribution in [0.2, 0.25) is 0 Å². The molecule has 4 N–H and O–H groups in total. The van der Waals surface area contributed by atoms with Crippen molar-refractivity contribution in [3.63, 3.8) is 0 Å². The first-order chi connectivity index (χ1) is 10.8. The van der Waals surface area contributed by atoms with E-state index in [0.29, 0.717) is 25.4 Å². The van der Waals surface area contributed by atoms with Gasteiger partial charge < -0.3 is 16.4 Å². The number of nitrogens with two attached hydrogens (primary N) is 1. The Morgan fingerprint density at radius 2 is 1.83 bits per heavy atom. The van der Waals surface area contributed by atoms with Crippen LogP contribution in [-0.2, 0) is 16.0 Å². The van der Waals surface area contributed by atoms with Gasteiger partial charge in [0, 0.05) is 25.0 Å². The van der Waals surface area contributed by atoms with Crippen molar-refractivity contribution in [2.75, 3.05) is 13.1 Å². The zero-order chi connectivity index (χ0) is 17.3. The predicted molar refractivity (Wildman–Crippen MR) is 92.8 cm³/mol. The van der Waals surface area contributed by atoms with Gasteiger partial charge in [-0.05, 0) is 24.8 Å². The van der Waals surface area contributed by atoms with Crippen LogP contribution in [-0.4, -0.2) is 30.4 Å². The third-order valence-corrected chi connectivity index (χ3v) is 3.63. The average molecular weight is 319 g/mol. The Labute approximate surface area is 139 Å². The van der Waals surface area contributed by atoms with E-state index in [0.717, 1.165) is 12.0 Å². The van der Waals surface area contributed by atoms with Gasteiger partial charge in [-0.3, -0.25) is 9.59 Å². The summed E-state index contributed by atoms with van der Waals surface area (Å²) in [4.78, 5) is 23.8. The highest BCUT2D eigenvalue weighted by molar-refractivity contribution is 5.80. The number of carbonyl (C=O) groups is 2. The first kappa shape index (κ1) is 19.2. The smallest absolute Gasteiger partial charge is 0.224 e. The molecule has 1 atom stereocenters. The highest BCUT2D eigenvalue weighted by Gasteiger charge is 2.25. The number of nitrogens with one attached hydrogen (secondary N) is 2. The zero-order valence-electron chi connectivity index (χ0n) is 14.4. The minimum absolute atomic E-state index is 0.0761. The number of benzene rings is 1. The highest BCUT2D eigenvalue weighted by Crippen LogP contribution is 2.15. The van der Waals surface area contributed by atoms with E-state index in [1.807, 2.05) is 37.3 Å². The summed E-state index contributed by atoms with van der Waals surface area (Å²) in [5.74, 6) is 0.292. The van der Waals surface area contributed by atoms with Gasteiger partial charge in [-0.15, -0.1) is 0 Å². The summed E-state index contributed by atoms with van der Waals surface area (Å²) in [7, 11) is 0. The summed E-state index contributed by atoms with van der Waals surface area (Å²) >= 11 is 0. The Morgan fingerprint density at radius 3 is 2.39 bits per heavy atom. The van der Waals surface area contributed by atoms with Gasteiger partial charge in [0.1, 0.15) is 0 Å². The summed E-state index contributed by atoms with van der Waals surface area (Å²) in [6.45, 7) is 6.89. The van der Waals surface area contributed by atoms with Crippen LogP contribution in [0.15, 0.2) is 30.3 Å². The van der Waals surface area contributed by atoms with Gasteiger partial charge >= 0.3 is 0 Å². The Hall–Kier alpha value is -1.88. The quantitative estimate of drug-likeness (QED) is 0.646. The van der Waals surface area contributed by atoms with E-state index in [9.17, 15) is 9.59 Å². The molecule has 0 aliphatic carbocycles. The molecule has 128 valence electrons. The van der Waals surface area contributed by atoms with E-state index in [4.69, 9.17) is 5.73 Å². The van der Waals surface area contributed by atoms with Crippen LogP contribution in [0.25, 0.3) is 0 Å². The van der Waals surface area contributed by atoms with E-state index >= 15 is 0 Å². The maximum Gasteiger partial charge on any atom is 0.224 e. The van der Waals surface area contributed by atoms with Crippen LogP contribution in [0, 0.1) is 5.92 Å². The summed E-state index contributed by atoms with van der Waals surface area (Å²) in [6.07, 6.45) is 1.42. The average Bonchev–Trinajstić information content (AvgIpc) is 2.47. The van der Waals surface area contributed by atoms with Crippen LogP contribution in [0.1, 0.15) is 39.2 Å². The molecule has 0 aromatic heterocycles. The first-order valence-electron chi connectivity index (χ1n) is 8.16. The Kier molecular flexibility index (Phi) is 7.75. The van der Waals surface area contributed by atoms with Gasteiger partial charge in [-0.25, -0.2) is 0 Å². The number of carbonyl (C=O) groups excluding carboxylic acids is 2. The third kappa shape index (κ3) is 7.79. The molecule has 0 saturated heterocycles. The largest absolute Gasteiger partial charge is 0.355 e. The molecule has 5 heteroatoms. The van der Waals surface area contributed by atoms with Crippen molar-refractivity contribution < 1.29 is 9.59 Å². The fourth-order valence-electron chi connectivity index (χ4n) is 2.64. The van der Waals surface area contributed by atoms with E-state index in [2.05, 4.69) is 24.5 Å². The monoisotopic (exact) mass is 319 g/mol. The minimum atomic E-state index is -0.390. The number of hydrogen-bond donors (Lipinski definition) is 3. The molecule has 0 fully saturated rings. The summed E-state index contributed by atoms with van der Waals surface area (Å²) in [5, 5.41) is 5.76. The summed E-state index contributed by atoms with van der Waals surface area (Å²) in [5.41, 5.74) is 6.35. The fraction of sp³-hybridized carbons (Fsp3) is 0.556. The Bertz CT molecular complexity index is 502. The molecule has 1 aromatic rings.